The van der Waals surface area contributed by atoms with E-state index in [1.165, 1.54) is 7.11 Å². The van der Waals surface area contributed by atoms with E-state index in [0.717, 1.165) is 31.5 Å². The van der Waals surface area contributed by atoms with Gasteiger partial charge < -0.3 is 14.6 Å². The lowest BCUT2D eigenvalue weighted by molar-refractivity contribution is 0.0811. The lowest BCUT2D eigenvalue weighted by atomic mass is 9.89. The molecule has 0 spiro atoms. The van der Waals surface area contributed by atoms with Gasteiger partial charge in [-0.15, -0.1) is 0 Å². The highest BCUT2D eigenvalue weighted by Gasteiger charge is 2.27. The molecule has 0 unspecified atom stereocenters. The maximum Gasteiger partial charge on any atom is 0.167 e. The minimum absolute atomic E-state index is 0.0114. The summed E-state index contributed by atoms with van der Waals surface area (Å²) in [6, 6.07) is 12.8. The van der Waals surface area contributed by atoms with E-state index in [4.69, 9.17) is 9.47 Å². The van der Waals surface area contributed by atoms with Crippen LogP contribution in [0.2, 0.25) is 0 Å². The van der Waals surface area contributed by atoms with Gasteiger partial charge in [-0.3, -0.25) is 9.69 Å². The van der Waals surface area contributed by atoms with Crippen molar-refractivity contribution in [3.05, 3.63) is 53.6 Å². The molecule has 5 nitrogen and oxygen atoms in total. The molecule has 2 aromatic rings. The fourth-order valence-corrected chi connectivity index (χ4v) is 3.52. The van der Waals surface area contributed by atoms with E-state index in [1.54, 1.807) is 19.2 Å². The molecule has 26 heavy (non-hydrogen) atoms. The van der Waals surface area contributed by atoms with Crippen LogP contribution in [0, 0.1) is 5.92 Å². The van der Waals surface area contributed by atoms with Gasteiger partial charge in [0.1, 0.15) is 5.75 Å². The molecule has 0 bridgehead atoms. The number of Topliss-reactive ketones (excluding diaryl/α,β-unsaturated/α-hetero) is 1. The number of nitrogens with zero attached hydrogens (tertiary/aromatic N) is 1. The SMILES string of the molecule is COc1cccc(C(=O)[C@H]2CCCN(Cc3ccc(OC)c(O)c3)C2)c1. The number of carbonyl (C=O) groups is 1. The number of rotatable bonds is 6. The first-order chi connectivity index (χ1) is 12.6. The van der Waals surface area contributed by atoms with Gasteiger partial charge in [-0.2, -0.15) is 0 Å². The largest absolute Gasteiger partial charge is 0.504 e. The van der Waals surface area contributed by atoms with E-state index in [0.29, 0.717) is 23.6 Å². The van der Waals surface area contributed by atoms with E-state index in [1.807, 2.05) is 30.3 Å². The lowest BCUT2D eigenvalue weighted by Crippen LogP contribution is -2.38. The standard InChI is InChI=1S/C21H25NO4/c1-25-18-7-3-5-16(12-18)21(24)17-6-4-10-22(14-17)13-15-8-9-20(26-2)19(23)11-15/h3,5,7-9,11-12,17,23H,4,6,10,13-14H2,1-2H3/t17-/m0/s1. The normalized spacial score (nSPS) is 17.7. The quantitative estimate of drug-likeness (QED) is 0.804. The number of piperidine rings is 1. The number of methoxy groups -OCH3 is 2. The third kappa shape index (κ3) is 4.17. The second-order valence-corrected chi connectivity index (χ2v) is 6.68. The first-order valence-electron chi connectivity index (χ1n) is 8.87. The molecule has 1 aliphatic heterocycles. The van der Waals surface area contributed by atoms with Crippen LogP contribution in [0.1, 0.15) is 28.8 Å². The predicted octanol–water partition coefficient (Wildman–Crippen LogP) is 3.50. The molecule has 1 atom stereocenters. The van der Waals surface area contributed by atoms with Crippen molar-refractivity contribution in [2.45, 2.75) is 19.4 Å². The third-order valence-electron chi connectivity index (χ3n) is 4.88. The maximum atomic E-state index is 12.9. The molecule has 1 aliphatic rings. The van der Waals surface area contributed by atoms with Crippen LogP contribution in [0.3, 0.4) is 0 Å². The van der Waals surface area contributed by atoms with E-state index in [2.05, 4.69) is 4.90 Å². The van der Waals surface area contributed by atoms with Gasteiger partial charge in [-0.1, -0.05) is 18.2 Å². The molecule has 1 N–H and O–H groups in total. The number of phenolic OH excluding ortho intramolecular Hbond substituents is 1. The van der Waals surface area contributed by atoms with Gasteiger partial charge in [-0.05, 0) is 49.2 Å². The molecule has 0 aliphatic carbocycles. The summed E-state index contributed by atoms with van der Waals surface area (Å²) in [7, 11) is 3.14. The minimum Gasteiger partial charge on any atom is -0.504 e. The smallest absolute Gasteiger partial charge is 0.167 e. The van der Waals surface area contributed by atoms with Crippen LogP contribution in [-0.4, -0.2) is 43.1 Å². The summed E-state index contributed by atoms with van der Waals surface area (Å²) in [6.45, 7) is 2.39. The van der Waals surface area contributed by atoms with Crippen molar-refractivity contribution >= 4 is 5.78 Å². The number of benzene rings is 2. The molecule has 0 radical (unpaired) electrons. The van der Waals surface area contributed by atoms with Gasteiger partial charge in [-0.25, -0.2) is 0 Å². The van der Waals surface area contributed by atoms with Gasteiger partial charge in [0, 0.05) is 24.6 Å². The van der Waals surface area contributed by atoms with Crippen molar-refractivity contribution in [1.82, 2.24) is 4.90 Å². The van der Waals surface area contributed by atoms with E-state index < -0.39 is 0 Å². The molecule has 1 saturated heterocycles. The molecular weight excluding hydrogens is 330 g/mol. The molecule has 1 heterocycles. The highest BCUT2D eigenvalue weighted by Crippen LogP contribution is 2.28. The van der Waals surface area contributed by atoms with Gasteiger partial charge in [0.15, 0.2) is 17.3 Å². The Hall–Kier alpha value is -2.53. The van der Waals surface area contributed by atoms with Crippen LogP contribution in [0.4, 0.5) is 0 Å². The minimum atomic E-state index is -0.0114. The summed E-state index contributed by atoms with van der Waals surface area (Å²) in [5, 5.41) is 9.95. The Kier molecular flexibility index (Phi) is 5.78. The number of carbonyl (C=O) groups excluding carboxylic acids is 1. The zero-order valence-electron chi connectivity index (χ0n) is 15.3. The molecule has 0 aromatic heterocycles. The van der Waals surface area contributed by atoms with E-state index in [-0.39, 0.29) is 17.5 Å². The molecule has 0 amide bonds. The molecule has 2 aromatic carbocycles. The number of aromatic hydroxyl groups is 1. The first kappa shape index (κ1) is 18.3. The topological polar surface area (TPSA) is 59.0 Å². The number of hydrogen-bond acceptors (Lipinski definition) is 5. The predicted molar refractivity (Wildman–Crippen MR) is 100.0 cm³/mol. The Morgan fingerprint density at radius 3 is 2.77 bits per heavy atom. The summed E-state index contributed by atoms with van der Waals surface area (Å²) in [5.74, 6) is 1.48. The molecule has 138 valence electrons. The van der Waals surface area contributed by atoms with Crippen molar-refractivity contribution in [2.75, 3.05) is 27.3 Å². The van der Waals surface area contributed by atoms with Gasteiger partial charge >= 0.3 is 0 Å². The van der Waals surface area contributed by atoms with Gasteiger partial charge in [0.05, 0.1) is 14.2 Å². The zero-order valence-corrected chi connectivity index (χ0v) is 15.3. The highest BCUT2D eigenvalue weighted by molar-refractivity contribution is 5.98. The van der Waals surface area contributed by atoms with Crippen molar-refractivity contribution < 1.29 is 19.4 Å². The molecule has 1 fully saturated rings. The number of likely N-dealkylation sites (tertiary alicyclic amines) is 1. The van der Waals surface area contributed by atoms with Crippen LogP contribution in [-0.2, 0) is 6.54 Å². The Morgan fingerprint density at radius 2 is 2.04 bits per heavy atom. The van der Waals surface area contributed by atoms with Crippen LogP contribution in [0.5, 0.6) is 17.2 Å². The van der Waals surface area contributed by atoms with Gasteiger partial charge in [0.2, 0.25) is 0 Å². The van der Waals surface area contributed by atoms with Crippen LogP contribution in [0.15, 0.2) is 42.5 Å². The summed E-state index contributed by atoms with van der Waals surface area (Å²) in [6.07, 6.45) is 1.89. The third-order valence-corrected chi connectivity index (χ3v) is 4.88. The number of phenols is 1. The number of hydrogen-bond donors (Lipinski definition) is 1. The Bertz CT molecular complexity index is 774. The summed E-state index contributed by atoms with van der Waals surface area (Å²) in [4.78, 5) is 15.1. The Balaban J connectivity index is 1.67. The monoisotopic (exact) mass is 355 g/mol. The summed E-state index contributed by atoms with van der Waals surface area (Å²) >= 11 is 0. The average molecular weight is 355 g/mol. The van der Waals surface area contributed by atoms with Crippen LogP contribution in [0.25, 0.3) is 0 Å². The Morgan fingerprint density at radius 1 is 1.19 bits per heavy atom. The number of ether oxygens (including phenoxy) is 2. The summed E-state index contributed by atoms with van der Waals surface area (Å²) < 4.78 is 10.3. The maximum absolute atomic E-state index is 12.9. The summed E-state index contributed by atoms with van der Waals surface area (Å²) in [5.41, 5.74) is 1.72. The molecule has 0 saturated carbocycles. The van der Waals surface area contributed by atoms with Crippen molar-refractivity contribution in [3.63, 3.8) is 0 Å². The van der Waals surface area contributed by atoms with E-state index in [9.17, 15) is 9.90 Å². The Labute approximate surface area is 154 Å². The van der Waals surface area contributed by atoms with Crippen molar-refractivity contribution in [2.24, 2.45) is 5.92 Å². The molecule has 5 heteroatoms. The highest BCUT2D eigenvalue weighted by atomic mass is 16.5. The number of ketones is 1. The van der Waals surface area contributed by atoms with Crippen LogP contribution < -0.4 is 9.47 Å². The second kappa shape index (κ2) is 8.23. The molecule has 3 rings (SSSR count). The molecular formula is C21H25NO4. The fraction of sp³-hybridized carbons (Fsp3) is 0.381. The van der Waals surface area contributed by atoms with Crippen molar-refractivity contribution in [3.8, 4) is 17.2 Å². The van der Waals surface area contributed by atoms with Gasteiger partial charge in [0.25, 0.3) is 0 Å². The average Bonchev–Trinajstić information content (AvgIpc) is 2.68. The second-order valence-electron chi connectivity index (χ2n) is 6.68. The fourth-order valence-electron chi connectivity index (χ4n) is 3.52. The first-order valence-corrected chi connectivity index (χ1v) is 8.87. The van der Waals surface area contributed by atoms with Crippen molar-refractivity contribution in [1.29, 1.82) is 0 Å². The van der Waals surface area contributed by atoms with Crippen LogP contribution >= 0.6 is 0 Å². The van der Waals surface area contributed by atoms with E-state index >= 15 is 0 Å². The lowest BCUT2D eigenvalue weighted by Gasteiger charge is -2.32. The zero-order chi connectivity index (χ0) is 18.5.